The Morgan fingerprint density at radius 2 is 2.20 bits per heavy atom. The quantitative estimate of drug-likeness (QED) is 0.748. The number of fused-ring (bicyclic) bond motifs is 2. The Labute approximate surface area is 89.5 Å². The standard InChI is InChI=1S/C13H16FN/c14-11-3-1-2-9-4-5-10(8-15)13(6-7-13)12(9)11/h1-3,10H,4-8,15H2. The molecular formula is C13H16FN. The molecule has 1 spiro atoms. The van der Waals surface area contributed by atoms with Crippen molar-refractivity contribution in [2.75, 3.05) is 6.54 Å². The molecule has 0 aliphatic heterocycles. The van der Waals surface area contributed by atoms with Gasteiger partial charge in [-0.1, -0.05) is 12.1 Å². The van der Waals surface area contributed by atoms with Gasteiger partial charge in [0.2, 0.25) is 0 Å². The van der Waals surface area contributed by atoms with E-state index in [1.165, 1.54) is 5.56 Å². The first-order valence-electron chi connectivity index (χ1n) is 5.76. The molecule has 1 nitrogen and oxygen atoms in total. The van der Waals surface area contributed by atoms with Gasteiger partial charge in [0, 0.05) is 5.41 Å². The van der Waals surface area contributed by atoms with Crippen LogP contribution in [0.3, 0.4) is 0 Å². The Bertz CT molecular complexity index is 396. The van der Waals surface area contributed by atoms with Gasteiger partial charge < -0.3 is 5.73 Å². The van der Waals surface area contributed by atoms with Crippen molar-refractivity contribution in [3.8, 4) is 0 Å². The van der Waals surface area contributed by atoms with Gasteiger partial charge in [0.05, 0.1) is 0 Å². The van der Waals surface area contributed by atoms with Crippen molar-refractivity contribution in [2.24, 2.45) is 11.7 Å². The van der Waals surface area contributed by atoms with Crippen LogP contribution in [0, 0.1) is 11.7 Å². The van der Waals surface area contributed by atoms with Crippen LogP contribution in [-0.4, -0.2) is 6.54 Å². The van der Waals surface area contributed by atoms with E-state index in [0.717, 1.165) is 31.2 Å². The van der Waals surface area contributed by atoms with E-state index < -0.39 is 0 Å². The van der Waals surface area contributed by atoms with Crippen LogP contribution in [0.5, 0.6) is 0 Å². The van der Waals surface area contributed by atoms with Gasteiger partial charge in [-0.2, -0.15) is 0 Å². The second-order valence-electron chi connectivity index (χ2n) is 4.90. The Morgan fingerprint density at radius 1 is 1.40 bits per heavy atom. The lowest BCUT2D eigenvalue weighted by atomic mass is 9.72. The van der Waals surface area contributed by atoms with Crippen LogP contribution in [0.2, 0.25) is 0 Å². The predicted octanol–water partition coefficient (Wildman–Crippen LogP) is 2.38. The lowest BCUT2D eigenvalue weighted by Crippen LogP contribution is -2.33. The molecule has 80 valence electrons. The molecule has 1 unspecified atom stereocenters. The highest BCUT2D eigenvalue weighted by atomic mass is 19.1. The van der Waals surface area contributed by atoms with Crippen molar-refractivity contribution in [3.63, 3.8) is 0 Å². The molecule has 0 amide bonds. The van der Waals surface area contributed by atoms with E-state index in [-0.39, 0.29) is 11.2 Å². The zero-order chi connectivity index (χ0) is 10.5. The van der Waals surface area contributed by atoms with E-state index in [4.69, 9.17) is 5.73 Å². The number of halogens is 1. The van der Waals surface area contributed by atoms with Crippen molar-refractivity contribution >= 4 is 0 Å². The minimum absolute atomic E-state index is 0.0110. The summed E-state index contributed by atoms with van der Waals surface area (Å²) in [6, 6.07) is 5.50. The van der Waals surface area contributed by atoms with Crippen LogP contribution in [0.1, 0.15) is 30.4 Å². The van der Waals surface area contributed by atoms with Gasteiger partial charge in [0.15, 0.2) is 0 Å². The maximum absolute atomic E-state index is 13.9. The maximum Gasteiger partial charge on any atom is 0.127 e. The van der Waals surface area contributed by atoms with Crippen molar-refractivity contribution in [1.82, 2.24) is 0 Å². The van der Waals surface area contributed by atoms with E-state index in [1.54, 1.807) is 6.07 Å². The second kappa shape index (κ2) is 3.05. The third-order valence-electron chi connectivity index (χ3n) is 4.21. The lowest BCUT2D eigenvalue weighted by Gasteiger charge is -2.33. The second-order valence-corrected chi connectivity index (χ2v) is 4.90. The molecule has 0 bridgehead atoms. The zero-order valence-electron chi connectivity index (χ0n) is 8.80. The van der Waals surface area contributed by atoms with Gasteiger partial charge in [0.1, 0.15) is 5.82 Å². The number of rotatable bonds is 1. The summed E-state index contributed by atoms with van der Waals surface area (Å²) in [4.78, 5) is 0. The highest BCUT2D eigenvalue weighted by Gasteiger charge is 2.53. The average Bonchev–Trinajstić information content (AvgIpc) is 3.00. The van der Waals surface area contributed by atoms with Crippen LogP contribution in [0.4, 0.5) is 4.39 Å². The SMILES string of the molecule is NCC1CCc2cccc(F)c2C12CC2. The molecule has 1 atom stereocenters. The summed E-state index contributed by atoms with van der Waals surface area (Å²) in [5.41, 5.74) is 8.13. The normalized spacial score (nSPS) is 26.4. The fraction of sp³-hybridized carbons (Fsp3) is 0.538. The maximum atomic E-state index is 13.9. The largest absolute Gasteiger partial charge is 0.330 e. The molecule has 0 saturated heterocycles. The molecule has 2 N–H and O–H groups in total. The highest BCUT2D eigenvalue weighted by molar-refractivity contribution is 5.43. The fourth-order valence-electron chi connectivity index (χ4n) is 3.28. The van der Waals surface area contributed by atoms with Crippen molar-refractivity contribution in [3.05, 3.63) is 35.1 Å². The van der Waals surface area contributed by atoms with E-state index in [0.29, 0.717) is 12.5 Å². The van der Waals surface area contributed by atoms with Gasteiger partial charge in [-0.15, -0.1) is 0 Å². The number of benzene rings is 1. The molecular weight excluding hydrogens is 189 g/mol. The molecule has 2 aliphatic rings. The van der Waals surface area contributed by atoms with Crippen LogP contribution >= 0.6 is 0 Å². The smallest absolute Gasteiger partial charge is 0.127 e. The number of aryl methyl sites for hydroxylation is 1. The summed E-state index contributed by atoms with van der Waals surface area (Å²) >= 11 is 0. The van der Waals surface area contributed by atoms with Gasteiger partial charge in [-0.05, 0) is 55.3 Å². The van der Waals surface area contributed by atoms with Crippen molar-refractivity contribution in [2.45, 2.75) is 31.1 Å². The summed E-state index contributed by atoms with van der Waals surface area (Å²) in [6.07, 6.45) is 4.38. The molecule has 1 fully saturated rings. The third kappa shape index (κ3) is 1.18. The first-order chi connectivity index (χ1) is 7.28. The first-order valence-corrected chi connectivity index (χ1v) is 5.76. The summed E-state index contributed by atoms with van der Waals surface area (Å²) < 4.78 is 13.9. The minimum Gasteiger partial charge on any atom is -0.330 e. The predicted molar refractivity (Wildman–Crippen MR) is 58.2 cm³/mol. The Hall–Kier alpha value is -0.890. The molecule has 0 aromatic heterocycles. The van der Waals surface area contributed by atoms with E-state index in [2.05, 4.69) is 6.07 Å². The Balaban J connectivity index is 2.14. The third-order valence-corrected chi connectivity index (χ3v) is 4.21. The number of hydrogen-bond acceptors (Lipinski definition) is 1. The summed E-state index contributed by atoms with van der Waals surface area (Å²) in [5, 5.41) is 0. The summed E-state index contributed by atoms with van der Waals surface area (Å²) in [5.74, 6) is 0.491. The van der Waals surface area contributed by atoms with Gasteiger partial charge in [-0.25, -0.2) is 4.39 Å². The van der Waals surface area contributed by atoms with Crippen LogP contribution < -0.4 is 5.73 Å². The monoisotopic (exact) mass is 205 g/mol. The molecule has 2 aliphatic carbocycles. The molecule has 1 aromatic rings. The van der Waals surface area contributed by atoms with Crippen molar-refractivity contribution in [1.29, 1.82) is 0 Å². The van der Waals surface area contributed by atoms with E-state index in [1.807, 2.05) is 6.07 Å². The molecule has 15 heavy (non-hydrogen) atoms. The lowest BCUT2D eigenvalue weighted by molar-refractivity contribution is 0.349. The topological polar surface area (TPSA) is 26.0 Å². The van der Waals surface area contributed by atoms with Crippen LogP contribution in [0.25, 0.3) is 0 Å². The van der Waals surface area contributed by atoms with Crippen LogP contribution in [0.15, 0.2) is 18.2 Å². The summed E-state index contributed by atoms with van der Waals surface area (Å²) in [6.45, 7) is 0.702. The Kier molecular flexibility index (Phi) is 1.90. The first kappa shape index (κ1) is 9.34. The molecule has 1 saturated carbocycles. The Morgan fingerprint density at radius 3 is 2.87 bits per heavy atom. The molecule has 2 heteroatoms. The van der Waals surface area contributed by atoms with Gasteiger partial charge in [0.25, 0.3) is 0 Å². The summed E-state index contributed by atoms with van der Waals surface area (Å²) in [7, 11) is 0. The highest BCUT2D eigenvalue weighted by Crippen LogP contribution is 2.58. The van der Waals surface area contributed by atoms with Crippen molar-refractivity contribution < 1.29 is 4.39 Å². The van der Waals surface area contributed by atoms with E-state index >= 15 is 0 Å². The van der Waals surface area contributed by atoms with Crippen LogP contribution in [-0.2, 0) is 11.8 Å². The van der Waals surface area contributed by atoms with Gasteiger partial charge >= 0.3 is 0 Å². The zero-order valence-corrected chi connectivity index (χ0v) is 8.80. The molecule has 3 rings (SSSR count). The number of nitrogens with two attached hydrogens (primary N) is 1. The molecule has 0 radical (unpaired) electrons. The average molecular weight is 205 g/mol. The molecule has 1 aromatic carbocycles. The van der Waals surface area contributed by atoms with E-state index in [9.17, 15) is 4.39 Å². The van der Waals surface area contributed by atoms with Gasteiger partial charge in [-0.3, -0.25) is 0 Å². The fourth-order valence-corrected chi connectivity index (χ4v) is 3.28. The molecule has 0 heterocycles. The minimum atomic E-state index is -0.0110. The number of hydrogen-bond donors (Lipinski definition) is 1.